The second-order valence-corrected chi connectivity index (χ2v) is 22.4. The van der Waals surface area contributed by atoms with Gasteiger partial charge in [0.15, 0.2) is 6.10 Å². The van der Waals surface area contributed by atoms with Crippen molar-refractivity contribution in [2.75, 3.05) is 13.2 Å². The molecule has 6 nitrogen and oxygen atoms in total. The Bertz CT molecular complexity index is 1240. The number of carbonyl (C=O) groups is 3. The van der Waals surface area contributed by atoms with Gasteiger partial charge in [0.2, 0.25) is 0 Å². The van der Waals surface area contributed by atoms with Gasteiger partial charge in [0.25, 0.3) is 0 Å². The Morgan fingerprint density at radius 1 is 0.270 bits per heavy atom. The lowest BCUT2D eigenvalue weighted by atomic mass is 10.0. The molecule has 0 N–H and O–H groups in total. The van der Waals surface area contributed by atoms with E-state index in [0.29, 0.717) is 19.3 Å². The topological polar surface area (TPSA) is 78.9 Å². The van der Waals surface area contributed by atoms with Crippen LogP contribution in [-0.2, 0) is 28.6 Å². The summed E-state index contributed by atoms with van der Waals surface area (Å²) >= 11 is 0. The number of unbranched alkanes of at least 4 members (excludes halogenated alkanes) is 44. The van der Waals surface area contributed by atoms with Crippen molar-refractivity contribution in [3.8, 4) is 0 Å². The van der Waals surface area contributed by atoms with Gasteiger partial charge in [0, 0.05) is 19.3 Å². The summed E-state index contributed by atoms with van der Waals surface area (Å²) in [5.74, 6) is -0.861. The van der Waals surface area contributed by atoms with Gasteiger partial charge < -0.3 is 14.2 Å². The zero-order chi connectivity index (χ0) is 53.6. The van der Waals surface area contributed by atoms with Gasteiger partial charge in [-0.05, 0) is 77.0 Å². The first-order chi connectivity index (χ1) is 36.5. The van der Waals surface area contributed by atoms with E-state index in [0.717, 1.165) is 70.6 Å². The molecule has 0 aliphatic heterocycles. The predicted molar refractivity (Wildman–Crippen MR) is 321 cm³/mol. The van der Waals surface area contributed by atoms with Gasteiger partial charge in [-0.1, -0.05) is 301 Å². The smallest absolute Gasteiger partial charge is 0.306 e. The maximum atomic E-state index is 12.9. The molecular formula is C68H126O6. The van der Waals surface area contributed by atoms with Crippen LogP contribution in [0.25, 0.3) is 0 Å². The molecule has 1 atom stereocenters. The summed E-state index contributed by atoms with van der Waals surface area (Å²) in [6.07, 6.45) is 77.3. The Morgan fingerprint density at radius 3 is 0.784 bits per heavy atom. The molecule has 434 valence electrons. The molecule has 0 amide bonds. The predicted octanol–water partition coefficient (Wildman–Crippen LogP) is 22.4. The highest BCUT2D eigenvalue weighted by Crippen LogP contribution is 2.18. The first-order valence-corrected chi connectivity index (χ1v) is 33.0. The normalized spacial score (nSPS) is 12.2. The molecule has 6 heteroatoms. The summed E-state index contributed by atoms with van der Waals surface area (Å²) in [5.41, 5.74) is 0. The molecule has 0 fully saturated rings. The highest BCUT2D eigenvalue weighted by atomic mass is 16.6. The molecule has 0 aromatic heterocycles. The van der Waals surface area contributed by atoms with Gasteiger partial charge in [-0.2, -0.15) is 0 Å². The number of hydrogen-bond donors (Lipinski definition) is 0. The molecule has 0 aliphatic rings. The van der Waals surface area contributed by atoms with E-state index in [1.54, 1.807) is 0 Å². The fourth-order valence-corrected chi connectivity index (χ4v) is 9.88. The summed E-state index contributed by atoms with van der Waals surface area (Å²) in [6, 6.07) is 0. The second kappa shape index (κ2) is 63.2. The Balaban J connectivity index is 4.28. The number of allylic oxidation sites excluding steroid dienone is 6. The van der Waals surface area contributed by atoms with Crippen molar-refractivity contribution >= 4 is 17.9 Å². The SMILES string of the molecule is CCCCC/C=C\C/C=C\CCCCCCCCCCCC(=O)OC(COC(=O)CCCCCCC/C=C\CCCCCCC)COC(=O)CCCCCCCCCCCCCCCCCCCCCCCCC. The number of esters is 3. The van der Waals surface area contributed by atoms with Gasteiger partial charge in [-0.3, -0.25) is 14.4 Å². The quantitative estimate of drug-likeness (QED) is 0.0261. The molecule has 0 spiro atoms. The van der Waals surface area contributed by atoms with E-state index < -0.39 is 6.10 Å². The minimum Gasteiger partial charge on any atom is -0.462 e. The molecule has 0 radical (unpaired) electrons. The summed E-state index contributed by atoms with van der Waals surface area (Å²) < 4.78 is 16.9. The summed E-state index contributed by atoms with van der Waals surface area (Å²) in [4.78, 5) is 38.3. The zero-order valence-corrected chi connectivity index (χ0v) is 49.9. The standard InChI is InChI=1S/C68H126O6/c1-4-7-10-13-16-19-22-25-28-30-32-33-34-35-37-38-40-43-46-49-52-55-58-61-67(70)73-64-65(63-72-66(69)60-57-54-51-48-45-42-27-24-21-18-15-12-9-6-3)74-68(71)62-59-56-53-50-47-44-41-39-36-31-29-26-23-20-17-14-11-8-5-2/h17,20,24,26-27,29,65H,4-16,18-19,21-23,25,28,30-64H2,1-3H3/b20-17-,27-24-,29-26-. The first kappa shape index (κ1) is 71.6. The zero-order valence-electron chi connectivity index (χ0n) is 49.9. The van der Waals surface area contributed by atoms with Crippen LogP contribution >= 0.6 is 0 Å². The summed E-state index contributed by atoms with van der Waals surface area (Å²) in [6.45, 7) is 6.66. The first-order valence-electron chi connectivity index (χ1n) is 33.0. The van der Waals surface area contributed by atoms with Crippen molar-refractivity contribution in [2.45, 2.75) is 367 Å². The van der Waals surface area contributed by atoms with Crippen LogP contribution in [0.15, 0.2) is 36.5 Å². The third-order valence-corrected chi connectivity index (χ3v) is 14.9. The van der Waals surface area contributed by atoms with Crippen LogP contribution in [-0.4, -0.2) is 37.2 Å². The minimum atomic E-state index is -0.776. The van der Waals surface area contributed by atoms with Crippen LogP contribution < -0.4 is 0 Å². The van der Waals surface area contributed by atoms with E-state index in [-0.39, 0.29) is 31.1 Å². The third-order valence-electron chi connectivity index (χ3n) is 14.9. The number of carbonyl (C=O) groups excluding carboxylic acids is 3. The maximum Gasteiger partial charge on any atom is 0.306 e. The molecule has 0 heterocycles. The third kappa shape index (κ3) is 60.5. The lowest BCUT2D eigenvalue weighted by Gasteiger charge is -2.18. The molecule has 0 rings (SSSR count). The van der Waals surface area contributed by atoms with E-state index in [1.807, 2.05) is 0 Å². The van der Waals surface area contributed by atoms with E-state index in [4.69, 9.17) is 14.2 Å². The Labute approximate surface area is 461 Å². The molecular weight excluding hydrogens is 913 g/mol. The summed E-state index contributed by atoms with van der Waals surface area (Å²) in [5, 5.41) is 0. The molecule has 0 saturated heterocycles. The van der Waals surface area contributed by atoms with Crippen molar-refractivity contribution < 1.29 is 28.6 Å². The highest BCUT2D eigenvalue weighted by molar-refractivity contribution is 5.71. The van der Waals surface area contributed by atoms with E-state index in [2.05, 4.69) is 57.2 Å². The van der Waals surface area contributed by atoms with Crippen LogP contribution in [0, 0.1) is 0 Å². The molecule has 0 aromatic rings. The Hall–Kier alpha value is -2.37. The minimum absolute atomic E-state index is 0.0721. The van der Waals surface area contributed by atoms with Gasteiger partial charge in [0.05, 0.1) is 0 Å². The lowest BCUT2D eigenvalue weighted by Crippen LogP contribution is -2.30. The molecule has 0 aliphatic carbocycles. The second-order valence-electron chi connectivity index (χ2n) is 22.4. The molecule has 0 saturated carbocycles. The van der Waals surface area contributed by atoms with E-state index in [1.165, 1.54) is 250 Å². The largest absolute Gasteiger partial charge is 0.462 e. The summed E-state index contributed by atoms with van der Waals surface area (Å²) in [7, 11) is 0. The fourth-order valence-electron chi connectivity index (χ4n) is 9.88. The molecule has 1 unspecified atom stereocenters. The Morgan fingerprint density at radius 2 is 0.486 bits per heavy atom. The number of ether oxygens (including phenoxy) is 3. The van der Waals surface area contributed by atoms with Crippen LogP contribution in [0.1, 0.15) is 361 Å². The maximum absolute atomic E-state index is 12.9. The lowest BCUT2D eigenvalue weighted by molar-refractivity contribution is -0.167. The van der Waals surface area contributed by atoms with Crippen LogP contribution in [0.4, 0.5) is 0 Å². The van der Waals surface area contributed by atoms with Gasteiger partial charge in [0.1, 0.15) is 13.2 Å². The fraction of sp³-hybridized carbons (Fsp3) is 0.868. The Kier molecular flexibility index (Phi) is 61.1. The van der Waals surface area contributed by atoms with E-state index >= 15 is 0 Å². The molecule has 0 bridgehead atoms. The van der Waals surface area contributed by atoms with E-state index in [9.17, 15) is 14.4 Å². The number of hydrogen-bond acceptors (Lipinski definition) is 6. The van der Waals surface area contributed by atoms with Crippen LogP contribution in [0.3, 0.4) is 0 Å². The average Bonchev–Trinajstić information content (AvgIpc) is 3.40. The van der Waals surface area contributed by atoms with Crippen LogP contribution in [0.2, 0.25) is 0 Å². The molecule has 0 aromatic carbocycles. The van der Waals surface area contributed by atoms with Crippen molar-refractivity contribution in [1.29, 1.82) is 0 Å². The van der Waals surface area contributed by atoms with Crippen molar-refractivity contribution in [3.63, 3.8) is 0 Å². The number of rotatable bonds is 61. The highest BCUT2D eigenvalue weighted by Gasteiger charge is 2.19. The van der Waals surface area contributed by atoms with Gasteiger partial charge >= 0.3 is 17.9 Å². The molecule has 74 heavy (non-hydrogen) atoms. The van der Waals surface area contributed by atoms with Crippen LogP contribution in [0.5, 0.6) is 0 Å². The van der Waals surface area contributed by atoms with Crippen molar-refractivity contribution in [3.05, 3.63) is 36.5 Å². The van der Waals surface area contributed by atoms with Gasteiger partial charge in [-0.25, -0.2) is 0 Å². The van der Waals surface area contributed by atoms with Crippen molar-refractivity contribution in [1.82, 2.24) is 0 Å². The van der Waals surface area contributed by atoms with Crippen molar-refractivity contribution in [2.24, 2.45) is 0 Å². The van der Waals surface area contributed by atoms with Gasteiger partial charge in [-0.15, -0.1) is 0 Å². The monoisotopic (exact) mass is 1040 g/mol. The average molecular weight is 1040 g/mol.